The second-order valence-electron chi connectivity index (χ2n) is 6.16. The summed E-state index contributed by atoms with van der Waals surface area (Å²) in [5.41, 5.74) is 0. The first-order valence-corrected chi connectivity index (χ1v) is 10.2. The van der Waals surface area contributed by atoms with Gasteiger partial charge in [0.05, 0.1) is 0 Å². The molecule has 0 N–H and O–H groups in total. The second-order valence-corrected chi connectivity index (χ2v) is 6.86. The third-order valence-corrected chi connectivity index (χ3v) is 4.60. The Kier molecular flexibility index (Phi) is 19.2. The second kappa shape index (κ2) is 19.1. The zero-order valence-electron chi connectivity index (χ0n) is 13.9. The van der Waals surface area contributed by atoms with Gasteiger partial charge in [-0.25, -0.2) is 0 Å². The molecule has 0 saturated carbocycles. The van der Waals surface area contributed by atoms with E-state index in [0.29, 0.717) is 8.46 Å². The zero-order valence-corrected chi connectivity index (χ0v) is 14.8. The molecule has 0 unspecified atom stereocenters. The number of rotatable bonds is 17. The SMILES string of the molecule is CCCCCCCCCCCCCCCCCCP=O. The highest BCUT2D eigenvalue weighted by molar-refractivity contribution is 7.23. The van der Waals surface area contributed by atoms with Crippen molar-refractivity contribution in [3.8, 4) is 0 Å². The van der Waals surface area contributed by atoms with Gasteiger partial charge >= 0.3 is 0 Å². The first kappa shape index (κ1) is 20.1. The van der Waals surface area contributed by atoms with Crippen LogP contribution in [0.4, 0.5) is 0 Å². The third kappa shape index (κ3) is 18.1. The summed E-state index contributed by atoms with van der Waals surface area (Å²) in [5, 5.41) is 0. The molecular formula is C18H37OP. The smallest absolute Gasteiger partial charge is 0.155 e. The Labute approximate surface area is 129 Å². The summed E-state index contributed by atoms with van der Waals surface area (Å²) >= 11 is 0. The lowest BCUT2D eigenvalue weighted by molar-refractivity contribution is 0.531. The van der Waals surface area contributed by atoms with Gasteiger partial charge in [-0.15, -0.1) is 0 Å². The molecule has 0 spiro atoms. The molecule has 0 radical (unpaired) electrons. The highest BCUT2D eigenvalue weighted by Crippen LogP contribution is 2.13. The van der Waals surface area contributed by atoms with Gasteiger partial charge in [0.15, 0.2) is 8.46 Å². The van der Waals surface area contributed by atoms with Crippen LogP contribution in [0.25, 0.3) is 0 Å². The van der Waals surface area contributed by atoms with Gasteiger partial charge in [0.1, 0.15) is 0 Å². The van der Waals surface area contributed by atoms with E-state index in [1.807, 2.05) is 0 Å². The Morgan fingerprint density at radius 1 is 0.500 bits per heavy atom. The summed E-state index contributed by atoms with van der Waals surface area (Å²) in [6.07, 6.45) is 23.2. The quantitative estimate of drug-likeness (QED) is 0.200. The standard InChI is InChI=1S/C18H37OP/c1-2-3-4-5-6-7-8-9-10-11-12-13-14-15-16-17-18-20-19/h2-18H2,1H3. The van der Waals surface area contributed by atoms with Crippen molar-refractivity contribution in [1.29, 1.82) is 0 Å². The van der Waals surface area contributed by atoms with Crippen LogP contribution in [-0.2, 0) is 4.57 Å². The topological polar surface area (TPSA) is 17.1 Å². The van der Waals surface area contributed by atoms with Crippen LogP contribution in [0.1, 0.15) is 110 Å². The average molecular weight is 300 g/mol. The molecule has 2 heteroatoms. The van der Waals surface area contributed by atoms with Crippen LogP contribution in [-0.4, -0.2) is 6.16 Å². The van der Waals surface area contributed by atoms with E-state index in [-0.39, 0.29) is 0 Å². The van der Waals surface area contributed by atoms with Gasteiger partial charge in [-0.2, -0.15) is 0 Å². The van der Waals surface area contributed by atoms with E-state index < -0.39 is 0 Å². The molecule has 20 heavy (non-hydrogen) atoms. The number of unbranched alkanes of at least 4 members (excludes halogenated alkanes) is 15. The maximum atomic E-state index is 10.2. The van der Waals surface area contributed by atoms with E-state index in [9.17, 15) is 4.57 Å². The van der Waals surface area contributed by atoms with Crippen LogP contribution in [0.5, 0.6) is 0 Å². The Bertz CT molecular complexity index is 182. The van der Waals surface area contributed by atoms with Gasteiger partial charge in [-0.3, -0.25) is 4.57 Å². The van der Waals surface area contributed by atoms with Gasteiger partial charge in [0.25, 0.3) is 0 Å². The van der Waals surface area contributed by atoms with E-state index in [1.165, 1.54) is 96.3 Å². The number of hydrogen-bond donors (Lipinski definition) is 0. The predicted molar refractivity (Wildman–Crippen MR) is 92.0 cm³/mol. The lowest BCUT2D eigenvalue weighted by atomic mass is 10.0. The lowest BCUT2D eigenvalue weighted by Crippen LogP contribution is -1.83. The normalized spacial score (nSPS) is 11.2. The van der Waals surface area contributed by atoms with Gasteiger partial charge < -0.3 is 0 Å². The molecule has 0 aromatic heterocycles. The van der Waals surface area contributed by atoms with E-state index in [4.69, 9.17) is 0 Å². The van der Waals surface area contributed by atoms with Crippen molar-refractivity contribution in [1.82, 2.24) is 0 Å². The Balaban J connectivity index is 2.90. The van der Waals surface area contributed by atoms with Crippen molar-refractivity contribution in [3.05, 3.63) is 0 Å². The Morgan fingerprint density at radius 3 is 1.10 bits per heavy atom. The van der Waals surface area contributed by atoms with Crippen molar-refractivity contribution in [2.75, 3.05) is 6.16 Å². The van der Waals surface area contributed by atoms with Crippen LogP contribution in [0, 0.1) is 0 Å². The fourth-order valence-electron chi connectivity index (χ4n) is 2.72. The van der Waals surface area contributed by atoms with Crippen molar-refractivity contribution in [2.24, 2.45) is 0 Å². The minimum atomic E-state index is 0.328. The summed E-state index contributed by atoms with van der Waals surface area (Å²) in [7, 11) is 0.328. The predicted octanol–water partition coefficient (Wildman–Crippen LogP) is 7.54. The molecule has 0 aliphatic heterocycles. The van der Waals surface area contributed by atoms with Gasteiger partial charge in [-0.05, 0) is 6.42 Å². The van der Waals surface area contributed by atoms with Crippen LogP contribution in [0.3, 0.4) is 0 Å². The lowest BCUT2D eigenvalue weighted by Gasteiger charge is -2.03. The van der Waals surface area contributed by atoms with Crippen LogP contribution < -0.4 is 0 Å². The molecule has 0 fully saturated rings. The molecule has 0 heterocycles. The molecule has 0 aliphatic rings. The Hall–Kier alpha value is 0.100. The highest BCUT2D eigenvalue weighted by atomic mass is 31.1. The molecule has 120 valence electrons. The zero-order chi connectivity index (χ0) is 14.7. The average Bonchev–Trinajstić information content (AvgIpc) is 2.47. The molecule has 0 aromatic rings. The summed E-state index contributed by atoms with van der Waals surface area (Å²) in [6, 6.07) is 0. The fraction of sp³-hybridized carbons (Fsp3) is 1.00. The van der Waals surface area contributed by atoms with Gasteiger partial charge in [0, 0.05) is 6.16 Å². The minimum absolute atomic E-state index is 0.328. The van der Waals surface area contributed by atoms with Crippen LogP contribution in [0.2, 0.25) is 0 Å². The molecular weight excluding hydrogens is 263 g/mol. The fourth-order valence-corrected chi connectivity index (χ4v) is 3.08. The van der Waals surface area contributed by atoms with E-state index in [2.05, 4.69) is 6.92 Å². The van der Waals surface area contributed by atoms with Crippen molar-refractivity contribution in [2.45, 2.75) is 110 Å². The summed E-state index contributed by atoms with van der Waals surface area (Å²) in [4.78, 5) is 0. The van der Waals surface area contributed by atoms with Crippen molar-refractivity contribution in [3.63, 3.8) is 0 Å². The summed E-state index contributed by atoms with van der Waals surface area (Å²) in [6.45, 7) is 2.28. The molecule has 0 aliphatic carbocycles. The first-order chi connectivity index (χ1) is 9.91. The molecule has 0 aromatic carbocycles. The maximum absolute atomic E-state index is 10.2. The minimum Gasteiger partial charge on any atom is -0.275 e. The van der Waals surface area contributed by atoms with Crippen LogP contribution >= 0.6 is 8.46 Å². The summed E-state index contributed by atoms with van der Waals surface area (Å²) < 4.78 is 10.2. The molecule has 0 bridgehead atoms. The first-order valence-electron chi connectivity index (χ1n) is 9.21. The maximum Gasteiger partial charge on any atom is 0.155 e. The molecule has 0 amide bonds. The van der Waals surface area contributed by atoms with E-state index in [1.54, 1.807) is 0 Å². The van der Waals surface area contributed by atoms with Crippen LogP contribution in [0.15, 0.2) is 0 Å². The molecule has 1 nitrogen and oxygen atoms in total. The van der Waals surface area contributed by atoms with E-state index >= 15 is 0 Å². The molecule has 0 saturated heterocycles. The van der Waals surface area contributed by atoms with Gasteiger partial charge in [0.2, 0.25) is 0 Å². The van der Waals surface area contributed by atoms with Crippen molar-refractivity contribution < 1.29 is 4.57 Å². The summed E-state index contributed by atoms with van der Waals surface area (Å²) in [5.74, 6) is 0. The monoisotopic (exact) mass is 300 g/mol. The van der Waals surface area contributed by atoms with E-state index in [0.717, 1.165) is 12.6 Å². The number of hydrogen-bond acceptors (Lipinski definition) is 1. The van der Waals surface area contributed by atoms with Gasteiger partial charge in [-0.1, -0.05) is 103 Å². The largest absolute Gasteiger partial charge is 0.275 e. The highest BCUT2D eigenvalue weighted by Gasteiger charge is 1.94. The van der Waals surface area contributed by atoms with Crippen molar-refractivity contribution >= 4 is 8.46 Å². The third-order valence-electron chi connectivity index (χ3n) is 4.10. The molecule has 0 atom stereocenters. The molecule has 0 rings (SSSR count). The Morgan fingerprint density at radius 2 is 0.800 bits per heavy atom.